The summed E-state index contributed by atoms with van der Waals surface area (Å²) in [5, 5.41) is 13.5. The second-order valence-corrected chi connectivity index (χ2v) is 4.05. The van der Waals surface area contributed by atoms with E-state index in [1.807, 2.05) is 0 Å². The molecule has 0 heterocycles. The van der Waals surface area contributed by atoms with E-state index in [-0.39, 0.29) is 0 Å². The molecule has 96 valence electrons. The normalized spacial score (nSPS) is 17.2. The maximum atomic E-state index is 11.7. The molecule has 0 rings (SSSR count). The fraction of sp³-hybridized carbons (Fsp3) is 0.800. The van der Waals surface area contributed by atoms with Crippen molar-refractivity contribution in [1.29, 1.82) is 0 Å². The minimum atomic E-state index is -1.50. The fourth-order valence-corrected chi connectivity index (χ4v) is 1.25. The molecule has 0 aliphatic carbocycles. The summed E-state index contributed by atoms with van der Waals surface area (Å²) < 4.78 is 4.37. The number of hydrogen-bond donors (Lipinski definition) is 1. The molecule has 3 unspecified atom stereocenters. The van der Waals surface area contributed by atoms with E-state index in [1.165, 1.54) is 27.9 Å². The summed E-state index contributed by atoms with van der Waals surface area (Å²) in [6.45, 7) is 4.38. The molecule has 0 aliphatic rings. The molecule has 0 radical (unpaired) electrons. The number of aliphatic hydroxyl groups is 1. The molecule has 17 heavy (non-hydrogen) atoms. The van der Waals surface area contributed by atoms with Gasteiger partial charge in [0.2, 0.25) is 0 Å². The molecule has 0 fully saturated rings. The Balaban J connectivity index is 4.77. The van der Waals surface area contributed by atoms with Crippen LogP contribution in [0.2, 0.25) is 0 Å². The van der Waals surface area contributed by atoms with Crippen LogP contribution in [0.5, 0.6) is 0 Å². The minimum absolute atomic E-state index is 0.406. The summed E-state index contributed by atoms with van der Waals surface area (Å²) in [5.74, 6) is -1.95. The lowest BCUT2D eigenvalue weighted by Crippen LogP contribution is -2.46. The van der Waals surface area contributed by atoms with Crippen molar-refractivity contribution in [1.82, 2.24) is 0 Å². The zero-order valence-electron chi connectivity index (χ0n) is 10.4. The van der Waals surface area contributed by atoms with Crippen LogP contribution in [0.15, 0.2) is 5.11 Å². The van der Waals surface area contributed by atoms with E-state index in [4.69, 9.17) is 5.53 Å². The average Bonchev–Trinajstić information content (AvgIpc) is 2.27. The highest BCUT2D eigenvalue weighted by Gasteiger charge is 2.38. The Morgan fingerprint density at radius 2 is 2.06 bits per heavy atom. The molecule has 0 amide bonds. The van der Waals surface area contributed by atoms with E-state index in [1.54, 1.807) is 0 Å². The van der Waals surface area contributed by atoms with Crippen LogP contribution in [0.3, 0.4) is 0 Å². The summed E-state index contributed by atoms with van der Waals surface area (Å²) in [4.78, 5) is 25.2. The number of carbonyl (C=O) groups excluding carboxylic acids is 2. The first-order valence-electron chi connectivity index (χ1n) is 5.13. The molecule has 7 nitrogen and oxygen atoms in total. The predicted octanol–water partition coefficient (Wildman–Crippen LogP) is 1.20. The van der Waals surface area contributed by atoms with Crippen LogP contribution in [0.25, 0.3) is 10.4 Å². The van der Waals surface area contributed by atoms with Crippen molar-refractivity contribution < 1.29 is 19.4 Å². The van der Waals surface area contributed by atoms with Crippen molar-refractivity contribution in [2.75, 3.05) is 7.11 Å². The molecule has 0 aliphatic heterocycles. The summed E-state index contributed by atoms with van der Waals surface area (Å²) >= 11 is 0. The smallest absolute Gasteiger partial charge is 0.313 e. The number of hydrogen-bond acceptors (Lipinski definition) is 5. The maximum Gasteiger partial charge on any atom is 0.313 e. The van der Waals surface area contributed by atoms with Gasteiger partial charge in [-0.05, 0) is 12.5 Å². The summed E-state index contributed by atoms with van der Waals surface area (Å²) in [5.41, 5.74) is 6.79. The van der Waals surface area contributed by atoms with Crippen LogP contribution in [-0.4, -0.2) is 35.6 Å². The number of azide groups is 1. The van der Waals surface area contributed by atoms with Crippen molar-refractivity contribution in [3.05, 3.63) is 10.4 Å². The van der Waals surface area contributed by atoms with Gasteiger partial charge in [0.05, 0.1) is 18.8 Å². The standard InChI is InChI=1S/C10H17N3O4/c1-6(8(14)5-9(15)17-4)10(3,16)7(2)12-13-11/h6-7,16H,5H2,1-4H3. The van der Waals surface area contributed by atoms with Crippen LogP contribution < -0.4 is 0 Å². The van der Waals surface area contributed by atoms with Crippen LogP contribution in [0.1, 0.15) is 27.2 Å². The molecule has 3 atom stereocenters. The number of ether oxygens (including phenoxy) is 1. The first-order valence-corrected chi connectivity index (χ1v) is 5.13. The van der Waals surface area contributed by atoms with Gasteiger partial charge in [0.1, 0.15) is 12.2 Å². The molecule has 0 bridgehead atoms. The number of methoxy groups -OCH3 is 1. The van der Waals surface area contributed by atoms with E-state index >= 15 is 0 Å². The van der Waals surface area contributed by atoms with Crippen LogP contribution in [-0.2, 0) is 14.3 Å². The largest absolute Gasteiger partial charge is 0.469 e. The number of nitrogens with zero attached hydrogens (tertiary/aromatic N) is 3. The Labute approximate surface area is 99.4 Å². The van der Waals surface area contributed by atoms with Gasteiger partial charge in [-0.25, -0.2) is 0 Å². The van der Waals surface area contributed by atoms with E-state index in [2.05, 4.69) is 14.8 Å². The van der Waals surface area contributed by atoms with Crippen LogP contribution in [0, 0.1) is 5.92 Å². The Bertz CT molecular complexity index is 347. The van der Waals surface area contributed by atoms with Gasteiger partial charge in [-0.2, -0.15) is 0 Å². The van der Waals surface area contributed by atoms with E-state index in [9.17, 15) is 14.7 Å². The van der Waals surface area contributed by atoms with Crippen LogP contribution in [0.4, 0.5) is 0 Å². The Morgan fingerprint density at radius 1 is 1.53 bits per heavy atom. The van der Waals surface area contributed by atoms with Gasteiger partial charge in [0.15, 0.2) is 0 Å². The van der Waals surface area contributed by atoms with Crippen molar-refractivity contribution in [3.63, 3.8) is 0 Å². The molecular formula is C10H17N3O4. The first kappa shape index (κ1) is 15.4. The average molecular weight is 243 g/mol. The van der Waals surface area contributed by atoms with Gasteiger partial charge in [-0.3, -0.25) is 9.59 Å². The molecule has 0 saturated heterocycles. The SMILES string of the molecule is COC(=O)CC(=O)C(C)C(C)(O)C(C)N=[N+]=[N-]. The first-order chi connectivity index (χ1) is 7.77. The summed E-state index contributed by atoms with van der Waals surface area (Å²) in [6, 6.07) is -0.774. The summed E-state index contributed by atoms with van der Waals surface area (Å²) in [7, 11) is 1.18. The number of esters is 1. The van der Waals surface area contributed by atoms with Crippen molar-refractivity contribution >= 4 is 11.8 Å². The van der Waals surface area contributed by atoms with Crippen molar-refractivity contribution in [2.45, 2.75) is 38.8 Å². The Kier molecular flexibility index (Phi) is 5.64. The second-order valence-electron chi connectivity index (χ2n) is 4.05. The van der Waals surface area contributed by atoms with Crippen molar-refractivity contribution in [2.24, 2.45) is 11.0 Å². The third kappa shape index (κ3) is 4.05. The summed E-state index contributed by atoms with van der Waals surface area (Å²) in [6.07, 6.45) is -0.406. The van der Waals surface area contributed by atoms with Crippen LogP contribution >= 0.6 is 0 Å². The lowest BCUT2D eigenvalue weighted by atomic mass is 9.81. The molecule has 0 aromatic heterocycles. The number of rotatable bonds is 6. The molecule has 0 saturated carbocycles. The zero-order valence-corrected chi connectivity index (χ0v) is 10.4. The highest BCUT2D eigenvalue weighted by Crippen LogP contribution is 2.25. The van der Waals surface area contributed by atoms with Gasteiger partial charge < -0.3 is 9.84 Å². The molecule has 1 N–H and O–H groups in total. The molecule has 0 spiro atoms. The van der Waals surface area contributed by atoms with Gasteiger partial charge in [-0.1, -0.05) is 19.0 Å². The fourth-order valence-electron chi connectivity index (χ4n) is 1.25. The molecular weight excluding hydrogens is 226 g/mol. The van der Waals surface area contributed by atoms with Gasteiger partial charge in [-0.15, -0.1) is 0 Å². The lowest BCUT2D eigenvalue weighted by Gasteiger charge is -2.32. The van der Waals surface area contributed by atoms with Crippen molar-refractivity contribution in [3.8, 4) is 0 Å². The molecule has 0 aromatic rings. The maximum absolute atomic E-state index is 11.7. The molecule has 7 heteroatoms. The number of ketones is 1. The third-order valence-corrected chi connectivity index (χ3v) is 2.98. The minimum Gasteiger partial charge on any atom is -0.469 e. The Morgan fingerprint density at radius 3 is 2.47 bits per heavy atom. The molecule has 0 aromatic carbocycles. The highest BCUT2D eigenvalue weighted by atomic mass is 16.5. The quantitative estimate of drug-likeness (QED) is 0.248. The number of Topliss-reactive ketones (excluding diaryl/α,β-unsaturated/α-hetero) is 1. The monoisotopic (exact) mass is 243 g/mol. The van der Waals surface area contributed by atoms with Gasteiger partial charge in [0, 0.05) is 10.8 Å². The lowest BCUT2D eigenvalue weighted by molar-refractivity contribution is -0.146. The van der Waals surface area contributed by atoms with E-state index in [0.717, 1.165) is 0 Å². The number of carbonyl (C=O) groups is 2. The predicted molar refractivity (Wildman–Crippen MR) is 60.0 cm³/mol. The highest BCUT2D eigenvalue weighted by molar-refractivity contribution is 5.97. The van der Waals surface area contributed by atoms with Gasteiger partial charge >= 0.3 is 5.97 Å². The second kappa shape index (κ2) is 6.22. The van der Waals surface area contributed by atoms with E-state index in [0.29, 0.717) is 0 Å². The zero-order chi connectivity index (χ0) is 13.6. The topological polar surface area (TPSA) is 112 Å². The van der Waals surface area contributed by atoms with E-state index < -0.39 is 35.7 Å². The third-order valence-electron chi connectivity index (χ3n) is 2.98. The van der Waals surface area contributed by atoms with Gasteiger partial charge in [0.25, 0.3) is 0 Å². The Hall–Kier alpha value is -1.59.